The van der Waals surface area contributed by atoms with Gasteiger partial charge in [0, 0.05) is 73.3 Å². The number of rotatable bonds is 17. The largest absolute Gasteiger partial charge is 0.467 e. The van der Waals surface area contributed by atoms with Crippen LogP contribution < -0.4 is 14.4 Å². The molecule has 3 aromatic rings. The molecule has 2 aromatic heterocycles. The van der Waals surface area contributed by atoms with E-state index in [1.165, 1.54) is 40.9 Å². The van der Waals surface area contributed by atoms with Gasteiger partial charge in [-0.25, -0.2) is 37.5 Å². The molecule has 1 aliphatic heterocycles. The molecule has 0 unspecified atom stereocenters. The van der Waals surface area contributed by atoms with E-state index in [2.05, 4.69) is 14.7 Å². The quantitative estimate of drug-likeness (QED) is 0.0877. The van der Waals surface area contributed by atoms with Crippen LogP contribution in [0, 0.1) is 16.0 Å². The van der Waals surface area contributed by atoms with Gasteiger partial charge in [-0.1, -0.05) is 6.07 Å². The Labute approximate surface area is 385 Å². The molecule has 1 saturated carbocycles. The minimum absolute atomic E-state index is 0.0264. The Hall–Kier alpha value is -6.67. The van der Waals surface area contributed by atoms with Gasteiger partial charge in [0.05, 0.1) is 23.2 Å². The summed E-state index contributed by atoms with van der Waals surface area (Å²) >= 11 is 0. The molecule has 2 fully saturated rings. The lowest BCUT2D eigenvalue weighted by Gasteiger charge is -2.42. The number of nitrogens with zero attached hydrogens (tertiary/aromatic N) is 7. The standard InChI is InChI=1S/C41H54N8O17S/c1-23(50)62-32-33(63-24(2)51)35(64-25(3)52)39(66-34(32)38(53)60-8)65-31-14-11-27(19-30(31)49(56)57)20-61-41(55)46(6)18-17-45(5)40(54)48-16-15-29-36(43-22-44-37(29)48)47(7)28-12-9-26(10-13-28)21-67(58,59)42-4/h11,14-16,19,22,26,28,32-35,39,42H,9-10,12-13,17-18,20-21H2,1-8H3/t26?,28?,32-,33-,34-,35+,39+/m0/s1. The number of carbonyl (C=O) groups excluding carboxylic acids is 6. The van der Waals surface area contributed by atoms with Crippen molar-refractivity contribution in [3.05, 3.63) is 52.5 Å². The minimum atomic E-state index is -3.31. The zero-order chi connectivity index (χ0) is 49.3. The molecule has 0 bridgehead atoms. The fourth-order valence-electron chi connectivity index (χ4n) is 7.76. The predicted molar refractivity (Wildman–Crippen MR) is 232 cm³/mol. The lowest BCUT2D eigenvalue weighted by atomic mass is 9.86. The zero-order valence-electron chi connectivity index (χ0n) is 38.1. The van der Waals surface area contributed by atoms with E-state index in [9.17, 15) is 47.3 Å². The van der Waals surface area contributed by atoms with Gasteiger partial charge in [-0.15, -0.1) is 0 Å². The maximum absolute atomic E-state index is 13.6. The molecule has 1 N–H and O–H groups in total. The number of nitro groups is 1. The number of esters is 4. The number of carbonyl (C=O) groups is 6. The summed E-state index contributed by atoms with van der Waals surface area (Å²) in [5, 5.41) is 12.9. The van der Waals surface area contributed by atoms with Gasteiger partial charge in [-0.2, -0.15) is 0 Å². The number of nitro benzene ring substituents is 1. The van der Waals surface area contributed by atoms with Crippen molar-refractivity contribution < 1.29 is 75.3 Å². The predicted octanol–water partition coefficient (Wildman–Crippen LogP) is 2.12. The van der Waals surface area contributed by atoms with Crippen LogP contribution in [0.1, 0.15) is 52.0 Å². The summed E-state index contributed by atoms with van der Waals surface area (Å²) in [6, 6.07) is 4.93. The van der Waals surface area contributed by atoms with Crippen LogP contribution in [0.4, 0.5) is 21.1 Å². The van der Waals surface area contributed by atoms with Crippen molar-refractivity contribution in [3.63, 3.8) is 0 Å². The molecule has 26 heteroatoms. The van der Waals surface area contributed by atoms with Gasteiger partial charge in [-0.3, -0.25) is 29.1 Å². The molecule has 366 valence electrons. The number of hydrogen-bond acceptors (Lipinski definition) is 20. The van der Waals surface area contributed by atoms with E-state index in [-0.39, 0.29) is 36.4 Å². The van der Waals surface area contributed by atoms with E-state index in [4.69, 9.17) is 33.2 Å². The first-order valence-corrected chi connectivity index (χ1v) is 22.6. The molecular formula is C41H54N8O17S. The monoisotopic (exact) mass is 962 g/mol. The van der Waals surface area contributed by atoms with E-state index in [0.29, 0.717) is 16.9 Å². The molecule has 5 atom stereocenters. The molecule has 2 amide bonds. The molecule has 1 aliphatic carbocycles. The number of ether oxygens (including phenoxy) is 7. The second-order valence-corrected chi connectivity index (χ2v) is 17.9. The molecule has 3 heterocycles. The van der Waals surface area contributed by atoms with Gasteiger partial charge in [0.25, 0.3) is 0 Å². The molecule has 67 heavy (non-hydrogen) atoms. The average molecular weight is 963 g/mol. The van der Waals surface area contributed by atoms with Crippen molar-refractivity contribution in [2.75, 3.05) is 59.0 Å². The second kappa shape index (κ2) is 22.2. The number of sulfonamides is 1. The van der Waals surface area contributed by atoms with Crippen molar-refractivity contribution >= 4 is 68.6 Å². The number of fused-ring (bicyclic) bond motifs is 1. The summed E-state index contributed by atoms with van der Waals surface area (Å²) in [4.78, 5) is 101. The Kier molecular flexibility index (Phi) is 17.0. The lowest BCUT2D eigenvalue weighted by Crippen LogP contribution is -2.64. The van der Waals surface area contributed by atoms with E-state index in [1.54, 1.807) is 19.3 Å². The van der Waals surface area contributed by atoms with Crippen molar-refractivity contribution in [2.24, 2.45) is 5.92 Å². The van der Waals surface area contributed by atoms with Crippen molar-refractivity contribution in [3.8, 4) is 5.75 Å². The average Bonchev–Trinajstić information content (AvgIpc) is 3.72. The van der Waals surface area contributed by atoms with E-state index >= 15 is 0 Å². The summed E-state index contributed by atoms with van der Waals surface area (Å²) in [5.41, 5.74) is -0.147. The van der Waals surface area contributed by atoms with Crippen LogP contribution >= 0.6 is 0 Å². The van der Waals surface area contributed by atoms with E-state index in [1.807, 2.05) is 11.9 Å². The van der Waals surface area contributed by atoms with Gasteiger partial charge in [0.1, 0.15) is 18.8 Å². The maximum Gasteiger partial charge on any atom is 0.409 e. The normalized spacial score (nSPS) is 21.6. The number of methoxy groups -OCH3 is 1. The molecule has 1 saturated heterocycles. The Morgan fingerprint density at radius 1 is 0.896 bits per heavy atom. The van der Waals surface area contributed by atoms with Gasteiger partial charge in [-0.05, 0) is 56.3 Å². The highest BCUT2D eigenvalue weighted by atomic mass is 32.2. The molecule has 2 aliphatic rings. The number of likely N-dealkylation sites (N-methyl/N-ethyl adjacent to an activating group) is 2. The summed E-state index contributed by atoms with van der Waals surface area (Å²) in [6.45, 7) is 2.66. The second-order valence-electron chi connectivity index (χ2n) is 15.9. The third-order valence-corrected chi connectivity index (χ3v) is 12.7. The van der Waals surface area contributed by atoms with Crippen molar-refractivity contribution in [2.45, 2.75) is 89.8 Å². The van der Waals surface area contributed by atoms with Crippen LogP contribution in [0.25, 0.3) is 11.0 Å². The van der Waals surface area contributed by atoms with Gasteiger partial charge in [0.15, 0.2) is 29.7 Å². The maximum atomic E-state index is 13.6. The van der Waals surface area contributed by atoms with Crippen LogP contribution in [-0.2, 0) is 64.2 Å². The van der Waals surface area contributed by atoms with Gasteiger partial charge < -0.3 is 47.9 Å². The first-order valence-electron chi connectivity index (χ1n) is 20.9. The first kappa shape index (κ1) is 51.3. The zero-order valence-corrected chi connectivity index (χ0v) is 39.0. The summed E-state index contributed by atoms with van der Waals surface area (Å²) in [7, 11) is 4.00. The van der Waals surface area contributed by atoms with Gasteiger partial charge >= 0.3 is 41.7 Å². The number of nitrogens with one attached hydrogen (secondary N) is 1. The van der Waals surface area contributed by atoms with Crippen LogP contribution in [0.5, 0.6) is 5.75 Å². The molecule has 0 radical (unpaired) electrons. The molecular weight excluding hydrogens is 909 g/mol. The number of amides is 2. The van der Waals surface area contributed by atoms with Crippen molar-refractivity contribution in [1.82, 2.24) is 29.1 Å². The highest BCUT2D eigenvalue weighted by Crippen LogP contribution is 2.36. The highest BCUT2D eigenvalue weighted by Gasteiger charge is 2.56. The number of hydrogen-bond donors (Lipinski definition) is 1. The fourth-order valence-corrected chi connectivity index (χ4v) is 8.88. The molecule has 5 rings (SSSR count). The highest BCUT2D eigenvalue weighted by molar-refractivity contribution is 7.89. The third kappa shape index (κ3) is 12.8. The Morgan fingerprint density at radius 3 is 2.13 bits per heavy atom. The van der Waals surface area contributed by atoms with E-state index < -0.39 is 99.7 Å². The van der Waals surface area contributed by atoms with Crippen LogP contribution in [0.3, 0.4) is 0 Å². The fraction of sp³-hybridized carbons (Fsp3) is 0.561. The minimum Gasteiger partial charge on any atom is -0.467 e. The van der Waals surface area contributed by atoms with Gasteiger partial charge in [0.2, 0.25) is 22.4 Å². The SMILES string of the molecule is CNS(=O)(=O)CC1CCC(N(C)c2ncnc3c2ccn3C(=O)N(C)CCN(C)C(=O)OCc2ccc(O[C@@H]3O[C@H](C(=O)OC)[C@@H](OC(C)=O)[C@H](OC(C)=O)[C@H]3OC(C)=O)c([N+](=O)[O-])c2)CC1. The molecule has 25 nitrogen and oxygen atoms in total. The number of anilines is 1. The van der Waals surface area contributed by atoms with Crippen LogP contribution in [0.15, 0.2) is 36.8 Å². The third-order valence-electron chi connectivity index (χ3n) is 11.2. The first-order chi connectivity index (χ1) is 31.6. The van der Waals surface area contributed by atoms with Crippen LogP contribution in [-0.4, -0.2) is 165 Å². The van der Waals surface area contributed by atoms with Crippen LogP contribution in [0.2, 0.25) is 0 Å². The van der Waals surface area contributed by atoms with Crippen molar-refractivity contribution in [1.29, 1.82) is 0 Å². The number of benzene rings is 1. The molecule has 0 spiro atoms. The summed E-state index contributed by atoms with van der Waals surface area (Å²) in [5.74, 6) is -3.59. The summed E-state index contributed by atoms with van der Waals surface area (Å²) in [6.07, 6.45) is -3.62. The lowest BCUT2D eigenvalue weighted by molar-refractivity contribution is -0.387. The Balaban J connectivity index is 1.20. The number of aromatic nitrogens is 3. The Morgan fingerprint density at radius 2 is 1.52 bits per heavy atom. The smallest absolute Gasteiger partial charge is 0.409 e. The Bertz CT molecular complexity index is 2440. The van der Waals surface area contributed by atoms with E-state index in [0.717, 1.165) is 65.7 Å². The molecule has 1 aromatic carbocycles. The summed E-state index contributed by atoms with van der Waals surface area (Å²) < 4.78 is 65.4. The topological polar surface area (TPSA) is 297 Å².